The van der Waals surface area contributed by atoms with Crippen molar-refractivity contribution in [2.45, 2.75) is 20.1 Å². The molecule has 0 saturated heterocycles. The summed E-state index contributed by atoms with van der Waals surface area (Å²) in [6, 6.07) is 0. The predicted molar refractivity (Wildman–Crippen MR) is 63.8 cm³/mol. The van der Waals surface area contributed by atoms with Crippen LogP contribution in [0.1, 0.15) is 13.8 Å². The average Bonchev–Trinajstić information content (AvgIpc) is 2.53. The van der Waals surface area contributed by atoms with E-state index in [0.29, 0.717) is 17.2 Å². The standard InChI is InChI=1S/C12H15NO6/c1-7-8(2)12(18)13(11(7)17)5-6-19-10(16)4-3-9(14)15/h3-4,11,17H,5-6H2,1-2H3,(H,14,15)/b4-3-. The summed E-state index contributed by atoms with van der Waals surface area (Å²) in [5.41, 5.74) is 1.05. The van der Waals surface area contributed by atoms with Crippen LogP contribution in [0.2, 0.25) is 0 Å². The van der Waals surface area contributed by atoms with Gasteiger partial charge in [-0.25, -0.2) is 9.59 Å². The fourth-order valence-electron chi connectivity index (χ4n) is 1.58. The molecule has 104 valence electrons. The van der Waals surface area contributed by atoms with Gasteiger partial charge in [0.25, 0.3) is 5.91 Å². The Morgan fingerprint density at radius 1 is 1.37 bits per heavy atom. The van der Waals surface area contributed by atoms with E-state index in [2.05, 4.69) is 0 Å². The quantitative estimate of drug-likeness (QED) is 0.523. The third-order valence-electron chi connectivity index (χ3n) is 2.79. The molecule has 1 aliphatic heterocycles. The average molecular weight is 269 g/mol. The van der Waals surface area contributed by atoms with Gasteiger partial charge in [-0.05, 0) is 19.4 Å². The summed E-state index contributed by atoms with van der Waals surface area (Å²) < 4.78 is 4.71. The maximum atomic E-state index is 11.7. The lowest BCUT2D eigenvalue weighted by atomic mass is 10.2. The number of carboxylic acids is 1. The van der Waals surface area contributed by atoms with Gasteiger partial charge in [-0.2, -0.15) is 0 Å². The number of carbonyl (C=O) groups excluding carboxylic acids is 2. The molecule has 0 aromatic heterocycles. The molecule has 0 aliphatic carbocycles. The van der Waals surface area contributed by atoms with E-state index in [0.717, 1.165) is 6.08 Å². The van der Waals surface area contributed by atoms with Crippen molar-refractivity contribution in [3.63, 3.8) is 0 Å². The van der Waals surface area contributed by atoms with Crippen molar-refractivity contribution in [3.05, 3.63) is 23.3 Å². The van der Waals surface area contributed by atoms with Crippen LogP contribution in [-0.2, 0) is 19.1 Å². The van der Waals surface area contributed by atoms with Gasteiger partial charge in [-0.15, -0.1) is 0 Å². The topological polar surface area (TPSA) is 104 Å². The maximum absolute atomic E-state index is 11.7. The lowest BCUT2D eigenvalue weighted by Gasteiger charge is -2.21. The van der Waals surface area contributed by atoms with E-state index >= 15 is 0 Å². The highest BCUT2D eigenvalue weighted by atomic mass is 16.5. The van der Waals surface area contributed by atoms with Crippen molar-refractivity contribution in [3.8, 4) is 0 Å². The molecule has 1 amide bonds. The van der Waals surface area contributed by atoms with E-state index in [1.807, 2.05) is 0 Å². The number of aliphatic hydroxyl groups excluding tert-OH is 1. The molecule has 0 aromatic carbocycles. The van der Waals surface area contributed by atoms with Crippen molar-refractivity contribution in [2.75, 3.05) is 13.2 Å². The zero-order valence-corrected chi connectivity index (χ0v) is 10.6. The molecule has 1 unspecified atom stereocenters. The van der Waals surface area contributed by atoms with Gasteiger partial charge in [0.05, 0.1) is 6.54 Å². The minimum atomic E-state index is -1.25. The summed E-state index contributed by atoms with van der Waals surface area (Å²) >= 11 is 0. The largest absolute Gasteiger partial charge is 0.478 e. The Morgan fingerprint density at radius 2 is 2.00 bits per heavy atom. The summed E-state index contributed by atoms with van der Waals surface area (Å²) in [5, 5.41) is 18.1. The maximum Gasteiger partial charge on any atom is 0.331 e. The first kappa shape index (κ1) is 14.9. The smallest absolute Gasteiger partial charge is 0.331 e. The minimum absolute atomic E-state index is 0.0430. The van der Waals surface area contributed by atoms with E-state index in [1.165, 1.54) is 4.90 Å². The molecule has 1 heterocycles. The summed E-state index contributed by atoms with van der Waals surface area (Å²) in [6.45, 7) is 3.19. The Labute approximate surface area is 109 Å². The minimum Gasteiger partial charge on any atom is -0.478 e. The van der Waals surface area contributed by atoms with Crippen LogP contribution in [0.15, 0.2) is 23.3 Å². The molecule has 1 atom stereocenters. The highest BCUT2D eigenvalue weighted by molar-refractivity contribution is 5.96. The van der Waals surface area contributed by atoms with Crippen molar-refractivity contribution in [2.24, 2.45) is 0 Å². The van der Waals surface area contributed by atoms with E-state index < -0.39 is 18.2 Å². The van der Waals surface area contributed by atoms with E-state index in [1.54, 1.807) is 13.8 Å². The first-order valence-electron chi connectivity index (χ1n) is 5.58. The number of ether oxygens (including phenoxy) is 1. The van der Waals surface area contributed by atoms with Crippen LogP contribution in [0.5, 0.6) is 0 Å². The number of hydrogen-bond acceptors (Lipinski definition) is 5. The molecule has 1 aliphatic rings. The lowest BCUT2D eigenvalue weighted by molar-refractivity contribution is -0.142. The van der Waals surface area contributed by atoms with Crippen LogP contribution in [-0.4, -0.2) is 52.3 Å². The molecule has 2 N–H and O–H groups in total. The highest BCUT2D eigenvalue weighted by Gasteiger charge is 2.32. The number of esters is 1. The Kier molecular flexibility index (Phi) is 4.82. The molecule has 19 heavy (non-hydrogen) atoms. The van der Waals surface area contributed by atoms with Gasteiger partial charge in [0.1, 0.15) is 6.61 Å². The molecule has 0 bridgehead atoms. The second-order valence-corrected chi connectivity index (χ2v) is 4.02. The number of nitrogens with zero attached hydrogens (tertiary/aromatic N) is 1. The molecule has 0 spiro atoms. The Bertz CT molecular complexity index is 465. The number of rotatable bonds is 5. The van der Waals surface area contributed by atoms with Crippen LogP contribution < -0.4 is 0 Å². The fourth-order valence-corrected chi connectivity index (χ4v) is 1.58. The van der Waals surface area contributed by atoms with Crippen LogP contribution in [0.3, 0.4) is 0 Å². The molecular formula is C12H15NO6. The number of carbonyl (C=O) groups is 3. The molecule has 0 saturated carbocycles. The van der Waals surface area contributed by atoms with Gasteiger partial charge in [0.15, 0.2) is 6.23 Å². The Hall–Kier alpha value is -2.15. The summed E-state index contributed by atoms with van der Waals surface area (Å²) in [5.74, 6) is -2.37. The molecule has 0 radical (unpaired) electrons. The normalized spacial score (nSPS) is 19.4. The predicted octanol–water partition coefficient (Wildman–Crippen LogP) is -0.333. The molecular weight excluding hydrogens is 254 g/mol. The number of carboxylic acid groups (broad SMARTS) is 1. The van der Waals surface area contributed by atoms with Gasteiger partial charge in [0, 0.05) is 17.7 Å². The van der Waals surface area contributed by atoms with Gasteiger partial charge in [0.2, 0.25) is 0 Å². The van der Waals surface area contributed by atoms with Gasteiger partial charge >= 0.3 is 11.9 Å². The molecule has 7 heteroatoms. The zero-order valence-electron chi connectivity index (χ0n) is 10.6. The molecule has 7 nitrogen and oxygen atoms in total. The van der Waals surface area contributed by atoms with Gasteiger partial charge in [-0.3, -0.25) is 4.79 Å². The number of aliphatic carboxylic acids is 1. The monoisotopic (exact) mass is 269 g/mol. The van der Waals surface area contributed by atoms with Crippen LogP contribution in [0.4, 0.5) is 0 Å². The second kappa shape index (κ2) is 6.14. The van der Waals surface area contributed by atoms with Crippen molar-refractivity contribution >= 4 is 17.8 Å². The van der Waals surface area contributed by atoms with Gasteiger partial charge < -0.3 is 19.8 Å². The molecule has 0 fully saturated rings. The van der Waals surface area contributed by atoms with Crippen molar-refractivity contribution in [1.29, 1.82) is 0 Å². The summed E-state index contributed by atoms with van der Waals surface area (Å²) in [6.07, 6.45) is 0.439. The number of aliphatic hydroxyl groups is 1. The Balaban J connectivity index is 2.41. The lowest BCUT2D eigenvalue weighted by Crippen LogP contribution is -2.38. The Morgan fingerprint density at radius 3 is 2.47 bits per heavy atom. The first-order chi connectivity index (χ1) is 8.84. The van der Waals surface area contributed by atoms with Crippen molar-refractivity contribution in [1.82, 2.24) is 4.90 Å². The van der Waals surface area contributed by atoms with Crippen LogP contribution in [0.25, 0.3) is 0 Å². The third kappa shape index (κ3) is 3.65. The van der Waals surface area contributed by atoms with Crippen LogP contribution >= 0.6 is 0 Å². The molecule has 0 aromatic rings. The molecule has 1 rings (SSSR count). The number of hydrogen-bond donors (Lipinski definition) is 2. The zero-order chi connectivity index (χ0) is 14.6. The van der Waals surface area contributed by atoms with Crippen LogP contribution in [0, 0.1) is 0 Å². The third-order valence-corrected chi connectivity index (χ3v) is 2.79. The van der Waals surface area contributed by atoms with E-state index in [4.69, 9.17) is 9.84 Å². The van der Waals surface area contributed by atoms with E-state index in [9.17, 15) is 19.5 Å². The highest BCUT2D eigenvalue weighted by Crippen LogP contribution is 2.22. The summed E-state index contributed by atoms with van der Waals surface area (Å²) in [7, 11) is 0. The SMILES string of the molecule is CC1=C(C)C(O)N(CCOC(=O)/C=C\C(=O)O)C1=O. The van der Waals surface area contributed by atoms with E-state index in [-0.39, 0.29) is 19.1 Å². The van der Waals surface area contributed by atoms with Crippen molar-refractivity contribution < 1.29 is 29.3 Å². The number of amides is 1. The second-order valence-electron chi connectivity index (χ2n) is 4.02. The fraction of sp³-hybridized carbons (Fsp3) is 0.417. The first-order valence-corrected chi connectivity index (χ1v) is 5.58. The van der Waals surface area contributed by atoms with Gasteiger partial charge in [-0.1, -0.05) is 0 Å². The summed E-state index contributed by atoms with van der Waals surface area (Å²) in [4.78, 5) is 34.1.